The lowest BCUT2D eigenvalue weighted by atomic mass is 10.0. The summed E-state index contributed by atoms with van der Waals surface area (Å²) in [5.41, 5.74) is 0. The Hall–Kier alpha value is -1.25. The number of ether oxygens (including phenoxy) is 2. The molecule has 9 nitrogen and oxygen atoms in total. The highest BCUT2D eigenvalue weighted by Crippen LogP contribution is 2.43. The van der Waals surface area contributed by atoms with Crippen LogP contribution in [0.4, 0.5) is 0 Å². The van der Waals surface area contributed by atoms with E-state index in [9.17, 15) is 19.0 Å². The van der Waals surface area contributed by atoms with Crippen molar-refractivity contribution in [2.24, 2.45) is 0 Å². The summed E-state index contributed by atoms with van der Waals surface area (Å²) < 4.78 is 34.3. The highest BCUT2D eigenvalue weighted by molar-refractivity contribution is 7.47. The van der Waals surface area contributed by atoms with E-state index in [0.29, 0.717) is 23.9 Å². The van der Waals surface area contributed by atoms with Gasteiger partial charge in [0.1, 0.15) is 19.8 Å². The van der Waals surface area contributed by atoms with Crippen molar-refractivity contribution in [3.63, 3.8) is 0 Å². The molecule has 0 aromatic rings. The van der Waals surface area contributed by atoms with Crippen molar-refractivity contribution in [1.29, 1.82) is 0 Å². The number of unbranched alkanes of at least 4 members (excludes halogenated alkanes) is 27. The van der Waals surface area contributed by atoms with Crippen molar-refractivity contribution in [1.82, 2.24) is 0 Å². The Bertz CT molecular complexity index is 969. The predicted molar refractivity (Wildman–Crippen MR) is 234 cm³/mol. The van der Waals surface area contributed by atoms with Crippen molar-refractivity contribution < 1.29 is 42.1 Å². The first-order valence-electron chi connectivity index (χ1n) is 23.4. The Morgan fingerprint density at radius 2 is 0.929 bits per heavy atom. The van der Waals surface area contributed by atoms with Crippen molar-refractivity contribution in [3.8, 4) is 0 Å². The van der Waals surface area contributed by atoms with Gasteiger partial charge in [0.2, 0.25) is 0 Å². The van der Waals surface area contributed by atoms with Gasteiger partial charge in [0.05, 0.1) is 27.7 Å². The Kier molecular flexibility index (Phi) is 38.3. The average Bonchev–Trinajstić information content (AvgIpc) is 3.15. The minimum Gasteiger partial charge on any atom is -0.462 e. The van der Waals surface area contributed by atoms with Crippen molar-refractivity contribution in [3.05, 3.63) is 12.2 Å². The van der Waals surface area contributed by atoms with E-state index in [0.717, 1.165) is 57.8 Å². The van der Waals surface area contributed by atoms with Gasteiger partial charge in [-0.2, -0.15) is 0 Å². The number of phosphoric acid groups is 1. The summed E-state index contributed by atoms with van der Waals surface area (Å²) in [6, 6.07) is 0. The molecule has 56 heavy (non-hydrogen) atoms. The normalized spacial score (nSPS) is 13.6. The molecule has 2 unspecified atom stereocenters. The smallest absolute Gasteiger partial charge is 0.462 e. The van der Waals surface area contributed by atoms with Crippen molar-refractivity contribution in [2.45, 2.75) is 225 Å². The molecule has 0 aliphatic carbocycles. The van der Waals surface area contributed by atoms with E-state index >= 15 is 0 Å². The Morgan fingerprint density at radius 1 is 0.536 bits per heavy atom. The topological polar surface area (TPSA) is 108 Å². The Morgan fingerprint density at radius 3 is 1.38 bits per heavy atom. The van der Waals surface area contributed by atoms with Crippen molar-refractivity contribution in [2.75, 3.05) is 47.5 Å². The highest BCUT2D eigenvalue weighted by Gasteiger charge is 2.27. The Labute approximate surface area is 346 Å². The molecule has 0 heterocycles. The summed E-state index contributed by atoms with van der Waals surface area (Å²) in [4.78, 5) is 35.3. The van der Waals surface area contributed by atoms with Crippen LogP contribution in [0.1, 0.15) is 219 Å². The number of phosphoric ester groups is 1. The second-order valence-electron chi connectivity index (χ2n) is 17.1. The Balaban J connectivity index is 4.18. The number of rotatable bonds is 43. The number of nitrogens with zero attached hydrogens (tertiary/aromatic N) is 1. The number of hydrogen-bond donors (Lipinski definition) is 1. The molecule has 0 rings (SSSR count). The number of likely N-dealkylation sites (N-methyl/N-ethyl adjacent to an activating group) is 1. The molecular formula is C46H91NO8P+. The van der Waals surface area contributed by atoms with E-state index in [1.54, 1.807) is 0 Å². The molecule has 0 fully saturated rings. The van der Waals surface area contributed by atoms with Crippen LogP contribution in [0.2, 0.25) is 0 Å². The maximum atomic E-state index is 12.6. The van der Waals surface area contributed by atoms with Crippen LogP contribution >= 0.6 is 7.82 Å². The fourth-order valence-corrected chi connectivity index (χ4v) is 7.33. The lowest BCUT2D eigenvalue weighted by Gasteiger charge is -2.24. The van der Waals surface area contributed by atoms with E-state index in [2.05, 4.69) is 26.0 Å². The molecule has 1 N–H and O–H groups in total. The second-order valence-corrected chi connectivity index (χ2v) is 18.6. The third-order valence-corrected chi connectivity index (χ3v) is 11.3. The number of quaternary nitrogens is 1. The number of allylic oxidation sites excluding steroid dienone is 2. The van der Waals surface area contributed by atoms with Gasteiger partial charge in [-0.3, -0.25) is 18.6 Å². The largest absolute Gasteiger partial charge is 0.472 e. The van der Waals surface area contributed by atoms with Gasteiger partial charge in [0.15, 0.2) is 6.10 Å². The first-order valence-corrected chi connectivity index (χ1v) is 24.9. The average molecular weight is 817 g/mol. The van der Waals surface area contributed by atoms with Gasteiger partial charge in [-0.05, 0) is 32.1 Å². The SMILES string of the molecule is CCCC/C=C\CCCCCCCC(=O)OC(COC(=O)CCCCCCCCCCCCCCCCCCCCCCC)COP(=O)(O)OCC[N+](C)(C)C. The van der Waals surface area contributed by atoms with Gasteiger partial charge < -0.3 is 18.9 Å². The number of carbonyl (C=O) groups excluding carboxylic acids is 2. The molecule has 0 radical (unpaired) electrons. The minimum absolute atomic E-state index is 0.0331. The summed E-state index contributed by atoms with van der Waals surface area (Å²) in [5.74, 6) is -0.799. The maximum Gasteiger partial charge on any atom is 0.472 e. The molecule has 0 saturated carbocycles. The van der Waals surface area contributed by atoms with Crippen LogP contribution in [0.25, 0.3) is 0 Å². The maximum absolute atomic E-state index is 12.6. The van der Waals surface area contributed by atoms with Gasteiger partial charge in [-0.15, -0.1) is 0 Å². The quantitative estimate of drug-likeness (QED) is 0.0213. The summed E-state index contributed by atoms with van der Waals surface area (Å²) >= 11 is 0. The van der Waals surface area contributed by atoms with E-state index in [1.807, 2.05) is 21.1 Å². The molecular weight excluding hydrogens is 725 g/mol. The van der Waals surface area contributed by atoms with Gasteiger partial charge in [0.25, 0.3) is 0 Å². The lowest BCUT2D eigenvalue weighted by molar-refractivity contribution is -0.870. The van der Waals surface area contributed by atoms with E-state index in [1.165, 1.54) is 128 Å². The fraction of sp³-hybridized carbons (Fsp3) is 0.913. The van der Waals surface area contributed by atoms with Crippen LogP contribution < -0.4 is 0 Å². The number of esters is 2. The standard InChI is InChI=1S/C46H90NO8P/c1-6-8-10-12-14-16-18-19-20-21-22-23-24-25-26-27-29-30-32-34-36-38-45(48)52-42-44(43-54-56(50,51)53-41-40-47(3,4)5)55-46(49)39-37-35-33-31-28-17-15-13-11-9-7-2/h13,15,44H,6-12,14,16-43H2,1-5H3/p+1/b15-13-. The van der Waals surface area contributed by atoms with Crippen LogP contribution in [0.3, 0.4) is 0 Å². The summed E-state index contributed by atoms with van der Waals surface area (Å²) in [6.07, 6.45) is 41.3. The van der Waals surface area contributed by atoms with Crippen LogP contribution in [0, 0.1) is 0 Å². The van der Waals surface area contributed by atoms with Gasteiger partial charge in [-0.25, -0.2) is 4.57 Å². The van der Waals surface area contributed by atoms with Crippen LogP contribution in [-0.4, -0.2) is 74.9 Å². The molecule has 0 spiro atoms. The van der Waals surface area contributed by atoms with E-state index < -0.39 is 26.5 Å². The predicted octanol–water partition coefficient (Wildman–Crippen LogP) is 13.4. The molecule has 0 bridgehead atoms. The van der Waals surface area contributed by atoms with E-state index in [4.69, 9.17) is 18.5 Å². The summed E-state index contributed by atoms with van der Waals surface area (Å²) in [5, 5.41) is 0. The monoisotopic (exact) mass is 817 g/mol. The third-order valence-electron chi connectivity index (χ3n) is 10.3. The first-order chi connectivity index (χ1) is 27.0. The minimum atomic E-state index is -4.37. The summed E-state index contributed by atoms with van der Waals surface area (Å²) in [7, 11) is 1.48. The first kappa shape index (κ1) is 54.8. The molecule has 0 aliphatic heterocycles. The molecule has 0 aliphatic rings. The molecule has 0 amide bonds. The van der Waals surface area contributed by atoms with E-state index in [-0.39, 0.29) is 25.6 Å². The summed E-state index contributed by atoms with van der Waals surface area (Å²) in [6.45, 7) is 4.40. The second kappa shape index (κ2) is 39.2. The molecule has 0 aromatic carbocycles. The van der Waals surface area contributed by atoms with Crippen LogP contribution in [0.15, 0.2) is 12.2 Å². The molecule has 2 atom stereocenters. The van der Waals surface area contributed by atoms with Crippen molar-refractivity contribution >= 4 is 19.8 Å². The molecule has 332 valence electrons. The third kappa shape index (κ3) is 42.4. The van der Waals surface area contributed by atoms with Gasteiger partial charge >= 0.3 is 19.8 Å². The highest BCUT2D eigenvalue weighted by atomic mass is 31.2. The molecule has 10 heteroatoms. The van der Waals surface area contributed by atoms with Crippen LogP contribution in [0.5, 0.6) is 0 Å². The van der Waals surface area contributed by atoms with Gasteiger partial charge in [0, 0.05) is 12.8 Å². The van der Waals surface area contributed by atoms with Crippen LogP contribution in [-0.2, 0) is 32.7 Å². The fourth-order valence-electron chi connectivity index (χ4n) is 6.58. The molecule has 0 saturated heterocycles. The number of carbonyl (C=O) groups is 2. The van der Waals surface area contributed by atoms with Gasteiger partial charge in [-0.1, -0.05) is 187 Å². The lowest BCUT2D eigenvalue weighted by Crippen LogP contribution is -2.37. The zero-order valence-corrected chi connectivity index (χ0v) is 38.3. The molecule has 0 aromatic heterocycles. The zero-order valence-electron chi connectivity index (χ0n) is 37.4. The number of hydrogen-bond acceptors (Lipinski definition) is 7. The zero-order chi connectivity index (χ0) is 41.4.